The minimum absolute atomic E-state index is 0.0627. The van der Waals surface area contributed by atoms with Crippen LogP contribution in [0.25, 0.3) is 10.1 Å². The van der Waals surface area contributed by atoms with Crippen LogP contribution in [0.3, 0.4) is 0 Å². The Kier molecular flexibility index (Phi) is 9.47. The summed E-state index contributed by atoms with van der Waals surface area (Å²) in [6.07, 6.45) is 3.71. The first-order valence-electron chi connectivity index (χ1n) is 10.3. The quantitative estimate of drug-likeness (QED) is 0.288. The lowest BCUT2D eigenvalue weighted by Crippen LogP contribution is -2.22. The van der Waals surface area contributed by atoms with Crippen molar-refractivity contribution in [3.63, 3.8) is 0 Å². The van der Waals surface area contributed by atoms with Gasteiger partial charge in [0.1, 0.15) is 5.78 Å². The van der Waals surface area contributed by atoms with Gasteiger partial charge in [0, 0.05) is 23.5 Å². The van der Waals surface area contributed by atoms with E-state index in [0.29, 0.717) is 12.2 Å². The van der Waals surface area contributed by atoms with Gasteiger partial charge in [-0.2, -0.15) is 11.8 Å². The average molecular weight is 481 g/mol. The van der Waals surface area contributed by atoms with Gasteiger partial charge in [0.2, 0.25) is 0 Å². The SMILES string of the molecule is COC(=O)CSCCCSC1C(=O)CC(O)C1C=CC(O)Cc1csc2ccccc12. The van der Waals surface area contributed by atoms with E-state index in [0.717, 1.165) is 28.9 Å². The lowest BCUT2D eigenvalue weighted by molar-refractivity contribution is -0.137. The summed E-state index contributed by atoms with van der Waals surface area (Å²) in [4.78, 5) is 23.5. The van der Waals surface area contributed by atoms with E-state index in [1.54, 1.807) is 29.2 Å². The van der Waals surface area contributed by atoms with E-state index in [1.807, 2.05) is 18.2 Å². The lowest BCUT2D eigenvalue weighted by Gasteiger charge is -2.17. The van der Waals surface area contributed by atoms with E-state index in [9.17, 15) is 19.8 Å². The Bertz CT molecular complexity index is 910. The number of aliphatic hydroxyl groups is 2. The number of thioether (sulfide) groups is 2. The van der Waals surface area contributed by atoms with Crippen LogP contribution in [-0.2, 0) is 20.7 Å². The molecule has 168 valence electrons. The Balaban J connectivity index is 1.50. The first-order chi connectivity index (χ1) is 15.0. The van der Waals surface area contributed by atoms with Gasteiger partial charge in [0.15, 0.2) is 0 Å². The molecule has 1 aromatic carbocycles. The molecule has 1 aliphatic rings. The van der Waals surface area contributed by atoms with Crippen molar-refractivity contribution in [2.45, 2.75) is 36.7 Å². The minimum atomic E-state index is -0.705. The molecule has 4 unspecified atom stereocenters. The fourth-order valence-corrected chi connectivity index (χ4v) is 6.91. The molecule has 2 aromatic rings. The number of hydrogen-bond donors (Lipinski definition) is 2. The molecule has 0 aliphatic heterocycles. The van der Waals surface area contributed by atoms with Crippen molar-refractivity contribution in [1.29, 1.82) is 0 Å². The van der Waals surface area contributed by atoms with Gasteiger partial charge in [-0.05, 0) is 40.3 Å². The number of thiophene rings is 1. The maximum Gasteiger partial charge on any atom is 0.315 e. The molecule has 1 aliphatic carbocycles. The van der Waals surface area contributed by atoms with Crippen LogP contribution in [-0.4, -0.2) is 63.8 Å². The molecule has 1 fully saturated rings. The largest absolute Gasteiger partial charge is 0.468 e. The van der Waals surface area contributed by atoms with Crippen LogP contribution < -0.4 is 0 Å². The van der Waals surface area contributed by atoms with E-state index in [1.165, 1.54) is 23.6 Å². The Hall–Kier alpha value is -1.32. The number of methoxy groups -OCH3 is 1. The number of benzene rings is 1. The second-order valence-electron chi connectivity index (χ2n) is 7.50. The Morgan fingerprint density at radius 2 is 2.16 bits per heavy atom. The zero-order valence-electron chi connectivity index (χ0n) is 17.4. The minimum Gasteiger partial charge on any atom is -0.468 e. The molecule has 1 aromatic heterocycles. The molecule has 0 radical (unpaired) electrons. The number of Topliss-reactive ketones (excluding diaryl/α,β-unsaturated/α-hetero) is 1. The standard InChI is InChI=1S/C23H28O5S3/c1-28-22(27)14-29-9-4-10-30-23-18(19(25)12-20(23)26)8-7-16(24)11-15-13-31-21-6-3-2-5-17(15)21/h2-3,5-8,13,16,18-19,23-25H,4,9-12,14H2,1H3. The van der Waals surface area contributed by atoms with Crippen LogP contribution in [0.5, 0.6) is 0 Å². The predicted octanol–water partition coefficient (Wildman–Crippen LogP) is 3.71. The fraction of sp³-hybridized carbons (Fsp3) is 0.478. The van der Waals surface area contributed by atoms with Crippen molar-refractivity contribution in [3.05, 3.63) is 47.4 Å². The molecule has 31 heavy (non-hydrogen) atoms. The number of rotatable bonds is 11. The van der Waals surface area contributed by atoms with E-state index >= 15 is 0 Å². The maximum absolute atomic E-state index is 12.3. The summed E-state index contributed by atoms with van der Waals surface area (Å²) in [6, 6.07) is 8.14. The van der Waals surface area contributed by atoms with Crippen LogP contribution in [0.15, 0.2) is 41.8 Å². The Labute approximate surface area is 195 Å². The van der Waals surface area contributed by atoms with Crippen molar-refractivity contribution < 1.29 is 24.5 Å². The van der Waals surface area contributed by atoms with Gasteiger partial charge < -0.3 is 14.9 Å². The summed E-state index contributed by atoms with van der Waals surface area (Å²) in [6.45, 7) is 0. The summed E-state index contributed by atoms with van der Waals surface area (Å²) in [7, 11) is 1.38. The molecule has 0 saturated heterocycles. The van der Waals surface area contributed by atoms with Crippen LogP contribution in [0, 0.1) is 5.92 Å². The van der Waals surface area contributed by atoms with Gasteiger partial charge in [-0.1, -0.05) is 30.4 Å². The first kappa shape index (κ1) is 24.3. The van der Waals surface area contributed by atoms with Crippen LogP contribution in [0.2, 0.25) is 0 Å². The van der Waals surface area contributed by atoms with Crippen molar-refractivity contribution >= 4 is 56.7 Å². The smallest absolute Gasteiger partial charge is 0.315 e. The third kappa shape index (κ3) is 6.83. The van der Waals surface area contributed by atoms with E-state index in [-0.39, 0.29) is 29.3 Å². The average Bonchev–Trinajstić information content (AvgIpc) is 3.28. The van der Waals surface area contributed by atoms with Gasteiger partial charge in [-0.25, -0.2) is 0 Å². The van der Waals surface area contributed by atoms with Gasteiger partial charge >= 0.3 is 5.97 Å². The summed E-state index contributed by atoms with van der Waals surface area (Å²) in [5.74, 6) is 1.49. The second-order valence-corrected chi connectivity index (χ2v) is 10.8. The number of carbonyl (C=O) groups is 2. The number of aliphatic hydroxyl groups excluding tert-OH is 2. The van der Waals surface area contributed by atoms with E-state index in [2.05, 4.69) is 22.2 Å². The third-order valence-electron chi connectivity index (χ3n) is 5.25. The van der Waals surface area contributed by atoms with Crippen molar-refractivity contribution in [1.82, 2.24) is 0 Å². The Morgan fingerprint density at radius 3 is 2.97 bits per heavy atom. The third-order valence-corrected chi connectivity index (χ3v) is 8.74. The van der Waals surface area contributed by atoms with Crippen molar-refractivity contribution in [3.8, 4) is 0 Å². The normalized spacial score (nSPS) is 22.4. The maximum atomic E-state index is 12.3. The zero-order valence-corrected chi connectivity index (χ0v) is 19.9. The molecule has 1 heterocycles. The molecule has 0 amide bonds. The number of ether oxygens (including phenoxy) is 1. The highest BCUT2D eigenvalue weighted by Crippen LogP contribution is 2.35. The van der Waals surface area contributed by atoms with Gasteiger partial charge in [0.05, 0.1) is 30.3 Å². The highest BCUT2D eigenvalue weighted by atomic mass is 32.2. The predicted molar refractivity (Wildman–Crippen MR) is 130 cm³/mol. The van der Waals surface area contributed by atoms with E-state index in [4.69, 9.17) is 0 Å². The van der Waals surface area contributed by atoms with Gasteiger partial charge in [-0.15, -0.1) is 23.1 Å². The zero-order chi connectivity index (χ0) is 22.2. The van der Waals surface area contributed by atoms with E-state index < -0.39 is 12.2 Å². The summed E-state index contributed by atoms with van der Waals surface area (Å²) in [5, 5.41) is 23.8. The number of esters is 1. The highest BCUT2D eigenvalue weighted by molar-refractivity contribution is 8.01. The van der Waals surface area contributed by atoms with Crippen molar-refractivity contribution in [2.75, 3.05) is 24.4 Å². The molecule has 2 N–H and O–H groups in total. The molecular weight excluding hydrogens is 452 g/mol. The fourth-order valence-electron chi connectivity index (χ4n) is 3.63. The van der Waals surface area contributed by atoms with Crippen LogP contribution >= 0.6 is 34.9 Å². The topological polar surface area (TPSA) is 83.8 Å². The number of ketones is 1. The summed E-state index contributed by atoms with van der Waals surface area (Å²) >= 11 is 4.74. The molecule has 3 rings (SSSR count). The first-order valence-corrected chi connectivity index (χ1v) is 13.4. The molecular formula is C23H28O5S3. The monoisotopic (exact) mass is 480 g/mol. The molecule has 4 atom stereocenters. The Morgan fingerprint density at radius 1 is 1.35 bits per heavy atom. The second kappa shape index (κ2) is 12.1. The van der Waals surface area contributed by atoms with Gasteiger partial charge in [-0.3, -0.25) is 9.59 Å². The molecule has 0 bridgehead atoms. The van der Waals surface area contributed by atoms with Crippen LogP contribution in [0.1, 0.15) is 18.4 Å². The number of hydrogen-bond acceptors (Lipinski definition) is 8. The molecule has 1 saturated carbocycles. The van der Waals surface area contributed by atoms with Crippen LogP contribution in [0.4, 0.5) is 0 Å². The summed E-state index contributed by atoms with van der Waals surface area (Å²) < 4.78 is 5.81. The molecule has 5 nitrogen and oxygen atoms in total. The molecule has 8 heteroatoms. The molecule has 0 spiro atoms. The lowest BCUT2D eigenvalue weighted by atomic mass is 10.0. The summed E-state index contributed by atoms with van der Waals surface area (Å²) in [5.41, 5.74) is 1.11. The number of carbonyl (C=O) groups excluding carboxylic acids is 2. The highest BCUT2D eigenvalue weighted by Gasteiger charge is 2.40. The number of fused-ring (bicyclic) bond motifs is 1. The van der Waals surface area contributed by atoms with Gasteiger partial charge in [0.25, 0.3) is 0 Å². The van der Waals surface area contributed by atoms with Crippen molar-refractivity contribution in [2.24, 2.45) is 5.92 Å².